The van der Waals surface area contributed by atoms with Gasteiger partial charge in [0.1, 0.15) is 17.4 Å². The summed E-state index contributed by atoms with van der Waals surface area (Å²) in [6, 6.07) is 6.08. The molecule has 0 unspecified atom stereocenters. The van der Waals surface area contributed by atoms with E-state index in [0.29, 0.717) is 11.1 Å². The second-order valence-electron chi connectivity index (χ2n) is 5.01. The second-order valence-corrected chi connectivity index (χ2v) is 5.44. The van der Waals surface area contributed by atoms with Crippen LogP contribution in [0.2, 0.25) is 5.02 Å². The topological polar surface area (TPSA) is 54.2 Å². The number of rotatable bonds is 2. The number of fused-ring (bicyclic) bond motifs is 3. The molecule has 0 aliphatic carbocycles. The molecule has 20 heavy (non-hydrogen) atoms. The minimum absolute atomic E-state index is 0.513. The van der Waals surface area contributed by atoms with Gasteiger partial charge in [-0.15, -0.1) is 0 Å². The number of anilines is 1. The van der Waals surface area contributed by atoms with Gasteiger partial charge in [-0.2, -0.15) is 0 Å². The van der Waals surface area contributed by atoms with E-state index in [0.717, 1.165) is 41.0 Å². The molecule has 4 rings (SSSR count). The van der Waals surface area contributed by atoms with Gasteiger partial charge in [0, 0.05) is 29.5 Å². The highest BCUT2D eigenvalue weighted by Gasteiger charge is 2.29. The van der Waals surface area contributed by atoms with E-state index >= 15 is 0 Å². The molecule has 2 aromatic heterocycles. The Labute approximate surface area is 120 Å². The van der Waals surface area contributed by atoms with Gasteiger partial charge in [-0.25, -0.2) is 9.97 Å². The van der Waals surface area contributed by atoms with Gasteiger partial charge in [0.15, 0.2) is 11.4 Å². The van der Waals surface area contributed by atoms with Gasteiger partial charge in [-0.1, -0.05) is 11.6 Å². The monoisotopic (exact) mass is 288 g/mol. The zero-order chi connectivity index (χ0) is 13.7. The first-order valence-corrected chi connectivity index (χ1v) is 6.89. The molecule has 1 N–H and O–H groups in total. The van der Waals surface area contributed by atoms with E-state index in [4.69, 9.17) is 16.0 Å². The van der Waals surface area contributed by atoms with E-state index in [9.17, 15) is 0 Å². The van der Waals surface area contributed by atoms with Crippen molar-refractivity contribution in [1.29, 1.82) is 0 Å². The average Bonchev–Trinajstić information content (AvgIpc) is 2.76. The largest absolute Gasteiger partial charge is 0.450 e. The zero-order valence-corrected chi connectivity index (χ0v) is 11.7. The van der Waals surface area contributed by atoms with Crippen molar-refractivity contribution in [2.75, 3.05) is 25.0 Å². The van der Waals surface area contributed by atoms with E-state index in [1.54, 1.807) is 6.33 Å². The second kappa shape index (κ2) is 4.33. The van der Waals surface area contributed by atoms with Crippen LogP contribution in [0.25, 0.3) is 22.1 Å². The van der Waals surface area contributed by atoms with Gasteiger partial charge >= 0.3 is 0 Å². The van der Waals surface area contributed by atoms with Gasteiger partial charge in [-0.05, 0) is 25.2 Å². The number of nitrogens with zero attached hydrogens (tertiary/aromatic N) is 3. The fraction of sp³-hybridized carbons (Fsp3) is 0.286. The van der Waals surface area contributed by atoms with Crippen molar-refractivity contribution < 1.29 is 4.42 Å². The van der Waals surface area contributed by atoms with Crippen LogP contribution >= 0.6 is 11.6 Å². The standard InChI is InChI=1S/C14H13ClN4O/c1-16-9-5-19(6-9)14-13-12(17-7-18-14)10-4-8(15)2-3-11(10)20-13/h2-4,7,9,16H,5-6H2,1H3. The molecule has 6 heteroatoms. The Bertz CT molecular complexity index is 794. The lowest BCUT2D eigenvalue weighted by molar-refractivity contribution is 0.446. The number of aromatic nitrogens is 2. The van der Waals surface area contributed by atoms with E-state index in [2.05, 4.69) is 20.2 Å². The lowest BCUT2D eigenvalue weighted by Gasteiger charge is -2.39. The Morgan fingerprint density at radius 2 is 2.20 bits per heavy atom. The van der Waals surface area contributed by atoms with Crippen LogP contribution in [0.5, 0.6) is 0 Å². The summed E-state index contributed by atoms with van der Waals surface area (Å²) >= 11 is 6.05. The van der Waals surface area contributed by atoms with Crippen LogP contribution in [0.1, 0.15) is 0 Å². The van der Waals surface area contributed by atoms with E-state index in [1.807, 2.05) is 25.2 Å². The quantitative estimate of drug-likeness (QED) is 0.785. The van der Waals surface area contributed by atoms with Crippen LogP contribution in [0.15, 0.2) is 28.9 Å². The summed E-state index contributed by atoms with van der Waals surface area (Å²) in [4.78, 5) is 10.9. The first kappa shape index (κ1) is 11.9. The van der Waals surface area contributed by atoms with E-state index < -0.39 is 0 Å². The summed E-state index contributed by atoms with van der Waals surface area (Å²) in [6.45, 7) is 1.86. The van der Waals surface area contributed by atoms with E-state index in [1.165, 1.54) is 0 Å². The van der Waals surface area contributed by atoms with Crippen molar-refractivity contribution >= 4 is 39.5 Å². The Morgan fingerprint density at radius 1 is 1.35 bits per heavy atom. The number of benzene rings is 1. The third kappa shape index (κ3) is 1.67. The SMILES string of the molecule is CNC1CN(c2ncnc3c2oc2ccc(Cl)cc23)C1. The minimum atomic E-state index is 0.513. The van der Waals surface area contributed by atoms with Crippen molar-refractivity contribution in [3.63, 3.8) is 0 Å². The summed E-state index contributed by atoms with van der Waals surface area (Å²) in [5.74, 6) is 0.855. The molecular weight excluding hydrogens is 276 g/mol. The molecule has 1 fully saturated rings. The van der Waals surface area contributed by atoms with Gasteiger partial charge < -0.3 is 14.6 Å². The fourth-order valence-electron chi connectivity index (χ4n) is 2.60. The molecule has 0 radical (unpaired) electrons. The molecule has 0 bridgehead atoms. The summed E-state index contributed by atoms with van der Waals surface area (Å²) in [7, 11) is 1.97. The Kier molecular flexibility index (Phi) is 2.58. The van der Waals surface area contributed by atoms with Crippen LogP contribution in [0.3, 0.4) is 0 Å². The van der Waals surface area contributed by atoms with Gasteiger partial charge in [-0.3, -0.25) is 0 Å². The maximum Gasteiger partial charge on any atom is 0.196 e. The van der Waals surface area contributed by atoms with Crippen LogP contribution in [0.4, 0.5) is 5.82 Å². The summed E-state index contributed by atoms with van der Waals surface area (Å²) in [5, 5.41) is 4.86. The van der Waals surface area contributed by atoms with Crippen molar-refractivity contribution in [3.8, 4) is 0 Å². The van der Waals surface area contributed by atoms with Crippen LogP contribution in [-0.4, -0.2) is 36.1 Å². The normalized spacial score (nSPS) is 16.0. The van der Waals surface area contributed by atoms with Crippen LogP contribution < -0.4 is 10.2 Å². The molecule has 3 aromatic rings. The third-order valence-electron chi connectivity index (χ3n) is 3.78. The molecule has 3 heterocycles. The van der Waals surface area contributed by atoms with Gasteiger partial charge in [0.25, 0.3) is 0 Å². The first-order chi connectivity index (χ1) is 9.76. The summed E-state index contributed by atoms with van der Waals surface area (Å²) in [5.41, 5.74) is 2.34. The average molecular weight is 289 g/mol. The molecule has 1 aromatic carbocycles. The smallest absolute Gasteiger partial charge is 0.196 e. The van der Waals surface area contributed by atoms with Crippen LogP contribution in [0, 0.1) is 0 Å². The van der Waals surface area contributed by atoms with Crippen molar-refractivity contribution in [1.82, 2.24) is 15.3 Å². The molecule has 0 spiro atoms. The number of likely N-dealkylation sites (N-methyl/N-ethyl adjacent to an activating group) is 1. The number of hydrogen-bond donors (Lipinski definition) is 1. The fourth-order valence-corrected chi connectivity index (χ4v) is 2.77. The number of hydrogen-bond acceptors (Lipinski definition) is 5. The molecule has 5 nitrogen and oxygen atoms in total. The van der Waals surface area contributed by atoms with Crippen molar-refractivity contribution in [2.24, 2.45) is 0 Å². The third-order valence-corrected chi connectivity index (χ3v) is 4.02. The Morgan fingerprint density at radius 3 is 3.00 bits per heavy atom. The predicted molar refractivity (Wildman–Crippen MR) is 79.4 cm³/mol. The van der Waals surface area contributed by atoms with Crippen LogP contribution in [-0.2, 0) is 0 Å². The predicted octanol–water partition coefficient (Wildman–Crippen LogP) is 2.44. The van der Waals surface area contributed by atoms with Gasteiger partial charge in [0.05, 0.1) is 0 Å². The lowest BCUT2D eigenvalue weighted by atomic mass is 10.1. The Balaban J connectivity index is 1.88. The first-order valence-electron chi connectivity index (χ1n) is 6.51. The molecule has 102 valence electrons. The zero-order valence-electron chi connectivity index (χ0n) is 10.9. The molecule has 1 saturated heterocycles. The van der Waals surface area contributed by atoms with Crippen molar-refractivity contribution in [3.05, 3.63) is 29.5 Å². The van der Waals surface area contributed by atoms with Gasteiger partial charge in [0.2, 0.25) is 0 Å². The summed E-state index contributed by atoms with van der Waals surface area (Å²) in [6.07, 6.45) is 1.58. The maximum atomic E-state index is 6.05. The minimum Gasteiger partial charge on any atom is -0.450 e. The summed E-state index contributed by atoms with van der Waals surface area (Å²) < 4.78 is 5.92. The maximum absolute atomic E-state index is 6.05. The van der Waals surface area contributed by atoms with Crippen molar-refractivity contribution in [2.45, 2.75) is 6.04 Å². The highest BCUT2D eigenvalue weighted by atomic mass is 35.5. The van der Waals surface area contributed by atoms with E-state index in [-0.39, 0.29) is 0 Å². The highest BCUT2D eigenvalue weighted by molar-refractivity contribution is 6.31. The molecule has 0 atom stereocenters. The number of nitrogens with one attached hydrogen (secondary N) is 1. The molecule has 0 amide bonds. The molecule has 0 saturated carbocycles. The number of halogens is 1. The molecule has 1 aliphatic heterocycles. The highest BCUT2D eigenvalue weighted by Crippen LogP contribution is 2.34. The molecular formula is C14H13ClN4O. The lowest BCUT2D eigenvalue weighted by Crippen LogP contribution is -2.57. The Hall–Kier alpha value is -1.85. The molecule has 1 aliphatic rings. The number of furan rings is 1.